The van der Waals surface area contributed by atoms with Gasteiger partial charge in [-0.2, -0.15) is 13.2 Å². The maximum Gasteiger partial charge on any atom is 0.401 e. The van der Waals surface area contributed by atoms with Gasteiger partial charge in [0, 0.05) is 0 Å². The molecule has 0 saturated heterocycles. The summed E-state index contributed by atoms with van der Waals surface area (Å²) in [6.07, 6.45) is -4.04. The molecule has 0 heterocycles. The Morgan fingerprint density at radius 2 is 1.96 bits per heavy atom. The first-order valence-electron chi connectivity index (χ1n) is 7.10. The predicted octanol–water partition coefficient (Wildman–Crippen LogP) is 4.23. The van der Waals surface area contributed by atoms with Crippen LogP contribution in [0.15, 0.2) is 30.9 Å². The van der Waals surface area contributed by atoms with E-state index in [0.29, 0.717) is 22.0 Å². The third-order valence-electron chi connectivity index (χ3n) is 3.73. The highest BCUT2D eigenvalue weighted by Crippen LogP contribution is 2.32. The number of likely N-dealkylation sites (N-methyl/N-ethyl adjacent to an activating group) is 2. The van der Waals surface area contributed by atoms with Gasteiger partial charge in [0.15, 0.2) is 13.0 Å². The molecule has 3 nitrogen and oxygen atoms in total. The predicted molar refractivity (Wildman–Crippen MR) is 90.6 cm³/mol. The molecule has 133 valence electrons. The van der Waals surface area contributed by atoms with E-state index in [1.807, 2.05) is 0 Å². The van der Waals surface area contributed by atoms with Gasteiger partial charge < -0.3 is 5.32 Å². The monoisotopic (exact) mass is 382 g/mol. The number of halogens is 5. The van der Waals surface area contributed by atoms with Gasteiger partial charge in [-0.15, -0.1) is 11.5 Å². The SMILES string of the molecule is C=CC[C@](C[N+](C)C(=O)CC(F)(F)F)(NC)c1ccc(Cl)c(Cl)c1. The summed E-state index contributed by atoms with van der Waals surface area (Å²) in [7, 11) is 2.99. The molecule has 0 aliphatic heterocycles. The highest BCUT2D eigenvalue weighted by Gasteiger charge is 2.42. The molecule has 0 aromatic heterocycles. The minimum absolute atomic E-state index is 0.0163. The molecule has 1 rings (SSSR count). The van der Waals surface area contributed by atoms with Crippen LogP contribution in [0.4, 0.5) is 13.2 Å². The maximum atomic E-state index is 12.4. The molecule has 0 aliphatic carbocycles. The quantitative estimate of drug-likeness (QED) is 0.565. The lowest BCUT2D eigenvalue weighted by Crippen LogP contribution is -2.52. The second kappa shape index (κ2) is 8.34. The minimum Gasteiger partial charge on any atom is -0.305 e. The van der Waals surface area contributed by atoms with E-state index in [1.165, 1.54) is 7.05 Å². The molecule has 1 N–H and O–H groups in total. The van der Waals surface area contributed by atoms with Crippen LogP contribution in [0.3, 0.4) is 0 Å². The molecule has 0 unspecified atom stereocenters. The van der Waals surface area contributed by atoms with Crippen molar-refractivity contribution in [3.63, 3.8) is 0 Å². The summed E-state index contributed by atoms with van der Waals surface area (Å²) in [4.78, 5) is 12.9. The van der Waals surface area contributed by atoms with E-state index >= 15 is 0 Å². The molecule has 0 fully saturated rings. The Morgan fingerprint density at radius 1 is 1.33 bits per heavy atom. The van der Waals surface area contributed by atoms with Crippen molar-refractivity contribution in [2.75, 3.05) is 20.6 Å². The summed E-state index contributed by atoms with van der Waals surface area (Å²) in [5, 5.41) is 3.77. The molecule has 1 amide bonds. The molecule has 1 radical (unpaired) electrons. The van der Waals surface area contributed by atoms with Crippen LogP contribution < -0.4 is 10.2 Å². The molecule has 24 heavy (non-hydrogen) atoms. The Bertz CT molecular complexity index is 607. The molecule has 0 aliphatic rings. The zero-order valence-electron chi connectivity index (χ0n) is 13.4. The lowest BCUT2D eigenvalue weighted by molar-refractivity contribution is -0.157. The Morgan fingerprint density at radius 3 is 2.42 bits per heavy atom. The molecule has 0 bridgehead atoms. The Balaban J connectivity index is 3.13. The van der Waals surface area contributed by atoms with Crippen molar-refractivity contribution in [1.82, 2.24) is 10.2 Å². The first-order valence-corrected chi connectivity index (χ1v) is 7.86. The Hall–Kier alpha value is -1.08. The van der Waals surface area contributed by atoms with Crippen molar-refractivity contribution in [3.8, 4) is 0 Å². The first kappa shape index (κ1) is 21.0. The van der Waals surface area contributed by atoms with Crippen LogP contribution in [0.2, 0.25) is 10.0 Å². The van der Waals surface area contributed by atoms with Crippen molar-refractivity contribution in [2.45, 2.75) is 24.6 Å². The summed E-state index contributed by atoms with van der Waals surface area (Å²) in [6.45, 7) is 3.70. The van der Waals surface area contributed by atoms with Gasteiger partial charge in [0.2, 0.25) is 0 Å². The fraction of sp³-hybridized carbons (Fsp3) is 0.438. The van der Waals surface area contributed by atoms with Crippen LogP contribution in [0.1, 0.15) is 18.4 Å². The number of carbonyl (C=O) groups is 1. The number of hydrogen-bond acceptors (Lipinski definition) is 2. The third kappa shape index (κ3) is 5.48. The number of benzene rings is 1. The summed E-state index contributed by atoms with van der Waals surface area (Å²) < 4.78 is 37.3. The van der Waals surface area contributed by atoms with Gasteiger partial charge in [0.05, 0.1) is 10.0 Å². The highest BCUT2D eigenvalue weighted by molar-refractivity contribution is 6.42. The molecular formula is C16H19Cl2F3N2O+. The second-order valence-electron chi connectivity index (χ2n) is 5.50. The summed E-state index contributed by atoms with van der Waals surface area (Å²) >= 11 is 12.0. The van der Waals surface area contributed by atoms with E-state index in [0.717, 1.165) is 4.90 Å². The summed E-state index contributed by atoms with van der Waals surface area (Å²) in [5.74, 6) is -1.01. The zero-order valence-corrected chi connectivity index (χ0v) is 14.9. The van der Waals surface area contributed by atoms with Crippen LogP contribution in [0.25, 0.3) is 0 Å². The lowest BCUT2D eigenvalue weighted by atomic mass is 9.86. The molecule has 1 aromatic rings. The van der Waals surface area contributed by atoms with Crippen LogP contribution in [-0.2, 0) is 10.3 Å². The Kier molecular flexibility index (Phi) is 7.28. The lowest BCUT2D eigenvalue weighted by Gasteiger charge is -2.32. The van der Waals surface area contributed by atoms with E-state index in [-0.39, 0.29) is 6.54 Å². The number of carbonyl (C=O) groups excluding carboxylic acids is 1. The third-order valence-corrected chi connectivity index (χ3v) is 4.47. The highest BCUT2D eigenvalue weighted by atomic mass is 35.5. The van der Waals surface area contributed by atoms with Crippen molar-refractivity contribution in [2.24, 2.45) is 0 Å². The minimum atomic E-state index is -4.55. The number of amides is 1. The fourth-order valence-corrected chi connectivity index (χ4v) is 2.74. The first-order chi connectivity index (χ1) is 11.0. The molecule has 0 saturated carbocycles. The van der Waals surface area contributed by atoms with Crippen molar-refractivity contribution < 1.29 is 18.0 Å². The molecule has 8 heteroatoms. The summed E-state index contributed by atoms with van der Waals surface area (Å²) in [6, 6.07) is 4.95. The largest absolute Gasteiger partial charge is 0.401 e. The summed E-state index contributed by atoms with van der Waals surface area (Å²) in [5.41, 5.74) is -0.127. The van der Waals surface area contributed by atoms with E-state index in [2.05, 4.69) is 11.9 Å². The number of nitrogens with one attached hydrogen (secondary N) is 1. The van der Waals surface area contributed by atoms with Gasteiger partial charge in [-0.1, -0.05) is 35.3 Å². The van der Waals surface area contributed by atoms with E-state index in [9.17, 15) is 18.0 Å². The number of hydrogen-bond donors (Lipinski definition) is 1. The average molecular weight is 383 g/mol. The van der Waals surface area contributed by atoms with Gasteiger partial charge in [0.25, 0.3) is 0 Å². The molecule has 0 spiro atoms. The average Bonchev–Trinajstić information content (AvgIpc) is 2.47. The number of rotatable bonds is 7. The van der Waals surface area contributed by atoms with Gasteiger partial charge in [-0.05, 0) is 31.2 Å². The van der Waals surface area contributed by atoms with Crippen LogP contribution in [0.5, 0.6) is 0 Å². The second-order valence-corrected chi connectivity index (χ2v) is 6.31. The topological polar surface area (TPSA) is 35.0 Å². The van der Waals surface area contributed by atoms with Gasteiger partial charge in [-0.3, -0.25) is 0 Å². The van der Waals surface area contributed by atoms with Crippen molar-refractivity contribution in [3.05, 3.63) is 46.5 Å². The normalized spacial score (nSPS) is 14.5. The van der Waals surface area contributed by atoms with Crippen molar-refractivity contribution in [1.29, 1.82) is 0 Å². The van der Waals surface area contributed by atoms with Crippen LogP contribution in [-0.4, -0.2) is 32.7 Å². The van der Waals surface area contributed by atoms with Gasteiger partial charge in [0.1, 0.15) is 12.6 Å². The maximum absolute atomic E-state index is 12.4. The molecule has 1 aromatic carbocycles. The standard InChI is InChI=1S/C16H19Cl2F3N2O/c1-4-7-15(22-2,11-5-6-12(17)13(18)8-11)10-23(3)14(24)9-16(19,20)21/h4-6,8,22H,1,7,9-10H2,2-3H3/q+1/t15-/m1/s1. The number of alkyl halides is 3. The van der Waals surface area contributed by atoms with Crippen LogP contribution in [0, 0.1) is 0 Å². The molecule has 1 atom stereocenters. The van der Waals surface area contributed by atoms with Gasteiger partial charge >= 0.3 is 12.1 Å². The van der Waals surface area contributed by atoms with E-state index in [4.69, 9.17) is 23.2 Å². The number of nitrogens with zero attached hydrogens (tertiary/aromatic N) is 1. The van der Waals surface area contributed by atoms with Gasteiger partial charge in [-0.25, -0.2) is 4.79 Å². The Labute approximate surface area is 149 Å². The fourth-order valence-electron chi connectivity index (χ4n) is 2.44. The van der Waals surface area contributed by atoms with Crippen LogP contribution >= 0.6 is 23.2 Å². The molecular weight excluding hydrogens is 364 g/mol. The zero-order chi connectivity index (χ0) is 18.5. The smallest absolute Gasteiger partial charge is 0.305 e. The van der Waals surface area contributed by atoms with E-state index in [1.54, 1.807) is 31.3 Å². The van der Waals surface area contributed by atoms with E-state index < -0.39 is 24.0 Å². The van der Waals surface area contributed by atoms with Crippen molar-refractivity contribution >= 4 is 29.1 Å².